The number of H-pyrrole nitrogens is 1. The van der Waals surface area contributed by atoms with Crippen molar-refractivity contribution in [2.24, 2.45) is 0 Å². The average Bonchev–Trinajstić information content (AvgIpc) is 3.66. The number of aromatic nitrogens is 6. The summed E-state index contributed by atoms with van der Waals surface area (Å²) in [7, 11) is 0. The fourth-order valence-corrected chi connectivity index (χ4v) is 5.64. The molecule has 0 spiro atoms. The molecule has 2 aliphatic rings. The Morgan fingerprint density at radius 3 is 2.84 bits per heavy atom. The molecular weight excluding hydrogens is 493 g/mol. The molecule has 2 aliphatic heterocycles. The minimum atomic E-state index is -0.443. The Morgan fingerprint density at radius 2 is 2.03 bits per heavy atom. The quantitative estimate of drug-likeness (QED) is 0.355. The van der Waals surface area contributed by atoms with Gasteiger partial charge in [-0.1, -0.05) is 29.8 Å². The zero-order valence-corrected chi connectivity index (χ0v) is 21.4. The molecule has 190 valence electrons. The number of aromatic amines is 1. The fourth-order valence-electron chi connectivity index (χ4n) is 5.48. The van der Waals surface area contributed by atoms with Gasteiger partial charge in [0.2, 0.25) is 0 Å². The number of nitrogens with zero attached hydrogens (tertiary/aromatic N) is 6. The van der Waals surface area contributed by atoms with Crippen LogP contribution < -0.4 is 4.74 Å². The van der Waals surface area contributed by atoms with Crippen molar-refractivity contribution in [1.29, 1.82) is 0 Å². The summed E-state index contributed by atoms with van der Waals surface area (Å²) in [5, 5.41) is 11.5. The van der Waals surface area contributed by atoms with Gasteiger partial charge in [0.25, 0.3) is 0 Å². The third kappa shape index (κ3) is 4.42. The SMILES string of the molecule is CC(C)Oc1ccccc1-c1cnc([C@@H]2CCC3CC(c4c(-n5cnnn5)ccc(Cl)c4F)=CCN32)[nH]1. The minimum absolute atomic E-state index is 0.0825. The Bertz CT molecular complexity index is 1450. The van der Waals surface area contributed by atoms with Crippen LogP contribution in [0, 0.1) is 5.82 Å². The molecule has 8 nitrogen and oxygen atoms in total. The number of para-hydroxylation sites is 1. The number of tetrazole rings is 1. The molecule has 0 bridgehead atoms. The van der Waals surface area contributed by atoms with Crippen molar-refractivity contribution in [3.8, 4) is 22.7 Å². The van der Waals surface area contributed by atoms with Crippen LogP contribution in [0.15, 0.2) is 55.0 Å². The number of ether oxygens (including phenoxy) is 1. The number of rotatable bonds is 6. The van der Waals surface area contributed by atoms with Crippen LogP contribution in [-0.2, 0) is 0 Å². The molecule has 2 aromatic heterocycles. The molecule has 4 aromatic rings. The standard InChI is InChI=1S/C27H27ClFN7O/c1-16(2)37-24-6-4-3-5-19(24)21-14-30-27(32-21)23-9-7-18-13-17(11-12-35(18)23)25-22(36-15-31-33-34-36)10-8-20(28)26(25)29/h3-6,8,10-11,14-16,18,23H,7,9,12-13H2,1-2H3,(H,30,32)/t18?,23-/m0/s1. The topological polar surface area (TPSA) is 84.8 Å². The first kappa shape index (κ1) is 23.8. The monoisotopic (exact) mass is 519 g/mol. The summed E-state index contributed by atoms with van der Waals surface area (Å²) in [6.07, 6.45) is 8.20. The summed E-state index contributed by atoms with van der Waals surface area (Å²) in [5.74, 6) is 1.34. The maximum Gasteiger partial charge on any atom is 0.151 e. The Balaban J connectivity index is 1.27. The van der Waals surface area contributed by atoms with Gasteiger partial charge in [0, 0.05) is 23.7 Å². The normalized spacial score (nSPS) is 19.8. The molecule has 6 rings (SSSR count). The first-order chi connectivity index (χ1) is 18.0. The maximum absolute atomic E-state index is 15.3. The van der Waals surface area contributed by atoms with Crippen molar-refractivity contribution in [2.75, 3.05) is 6.54 Å². The number of imidazole rings is 1. The van der Waals surface area contributed by atoms with E-state index < -0.39 is 5.82 Å². The molecule has 2 aromatic carbocycles. The lowest BCUT2D eigenvalue weighted by atomic mass is 9.92. The molecule has 1 saturated heterocycles. The predicted molar refractivity (Wildman–Crippen MR) is 139 cm³/mol. The maximum atomic E-state index is 15.3. The lowest BCUT2D eigenvalue weighted by Gasteiger charge is -2.33. The number of benzene rings is 2. The number of hydrogen-bond donors (Lipinski definition) is 1. The second kappa shape index (κ2) is 9.72. The van der Waals surface area contributed by atoms with E-state index in [2.05, 4.69) is 31.5 Å². The van der Waals surface area contributed by atoms with Crippen molar-refractivity contribution >= 4 is 17.2 Å². The Morgan fingerprint density at radius 1 is 1.16 bits per heavy atom. The lowest BCUT2D eigenvalue weighted by molar-refractivity contribution is 0.205. The van der Waals surface area contributed by atoms with Gasteiger partial charge < -0.3 is 9.72 Å². The van der Waals surface area contributed by atoms with Crippen molar-refractivity contribution in [2.45, 2.75) is 51.3 Å². The van der Waals surface area contributed by atoms with E-state index in [0.29, 0.717) is 24.2 Å². The van der Waals surface area contributed by atoms with Crippen LogP contribution in [0.3, 0.4) is 0 Å². The average molecular weight is 520 g/mol. The first-order valence-corrected chi connectivity index (χ1v) is 12.8. The van der Waals surface area contributed by atoms with Crippen molar-refractivity contribution in [3.05, 3.63) is 77.2 Å². The van der Waals surface area contributed by atoms with Crippen molar-refractivity contribution in [3.63, 3.8) is 0 Å². The largest absolute Gasteiger partial charge is 0.490 e. The van der Waals surface area contributed by atoms with E-state index in [1.54, 1.807) is 6.07 Å². The second-order valence-electron chi connectivity index (χ2n) is 9.73. The van der Waals surface area contributed by atoms with E-state index >= 15 is 4.39 Å². The van der Waals surface area contributed by atoms with Crippen LogP contribution in [-0.4, -0.2) is 53.8 Å². The van der Waals surface area contributed by atoms with Crippen molar-refractivity contribution in [1.82, 2.24) is 35.1 Å². The van der Waals surface area contributed by atoms with Gasteiger partial charge in [0.1, 0.15) is 17.9 Å². The Labute approximate surface area is 219 Å². The van der Waals surface area contributed by atoms with Crippen LogP contribution in [0.5, 0.6) is 5.75 Å². The van der Waals surface area contributed by atoms with Gasteiger partial charge in [-0.2, -0.15) is 4.68 Å². The molecular formula is C27H27ClFN7O. The fraction of sp³-hybridized carbons (Fsp3) is 0.333. The zero-order valence-electron chi connectivity index (χ0n) is 20.6. The molecule has 4 heterocycles. The molecule has 0 amide bonds. The number of nitrogens with one attached hydrogen (secondary N) is 1. The molecule has 10 heteroatoms. The van der Waals surface area contributed by atoms with Gasteiger partial charge in [0.15, 0.2) is 5.82 Å². The van der Waals surface area contributed by atoms with E-state index in [1.807, 2.05) is 44.3 Å². The summed E-state index contributed by atoms with van der Waals surface area (Å²) in [4.78, 5) is 10.8. The molecule has 0 aliphatic carbocycles. The van der Waals surface area contributed by atoms with Gasteiger partial charge in [-0.05, 0) is 73.4 Å². The van der Waals surface area contributed by atoms with E-state index in [9.17, 15) is 0 Å². The molecule has 37 heavy (non-hydrogen) atoms. The van der Waals surface area contributed by atoms with E-state index in [-0.39, 0.29) is 23.2 Å². The number of halogens is 2. The van der Waals surface area contributed by atoms with Gasteiger partial charge in [0.05, 0.1) is 34.7 Å². The van der Waals surface area contributed by atoms with Crippen LogP contribution in [0.2, 0.25) is 5.02 Å². The molecule has 1 fully saturated rings. The van der Waals surface area contributed by atoms with E-state index in [1.165, 1.54) is 17.1 Å². The van der Waals surface area contributed by atoms with Gasteiger partial charge in [-0.15, -0.1) is 5.10 Å². The molecule has 1 N–H and O–H groups in total. The van der Waals surface area contributed by atoms with E-state index in [0.717, 1.165) is 41.2 Å². The highest BCUT2D eigenvalue weighted by Crippen LogP contribution is 2.43. The minimum Gasteiger partial charge on any atom is -0.490 e. The second-order valence-corrected chi connectivity index (χ2v) is 10.1. The zero-order chi connectivity index (χ0) is 25.5. The smallest absolute Gasteiger partial charge is 0.151 e. The Hall–Kier alpha value is -3.56. The third-order valence-corrected chi connectivity index (χ3v) is 7.38. The number of hydrogen-bond acceptors (Lipinski definition) is 6. The molecule has 1 unspecified atom stereocenters. The summed E-state index contributed by atoms with van der Waals surface area (Å²) in [5.41, 5.74) is 3.91. The summed E-state index contributed by atoms with van der Waals surface area (Å²) in [6, 6.07) is 11.7. The van der Waals surface area contributed by atoms with Crippen LogP contribution in [0.4, 0.5) is 4.39 Å². The summed E-state index contributed by atoms with van der Waals surface area (Å²) >= 11 is 6.18. The van der Waals surface area contributed by atoms with Crippen LogP contribution >= 0.6 is 11.6 Å². The first-order valence-electron chi connectivity index (χ1n) is 12.5. The predicted octanol–water partition coefficient (Wildman–Crippen LogP) is 5.62. The highest BCUT2D eigenvalue weighted by atomic mass is 35.5. The van der Waals surface area contributed by atoms with Crippen molar-refractivity contribution < 1.29 is 9.13 Å². The van der Waals surface area contributed by atoms with Crippen LogP contribution in [0.25, 0.3) is 22.5 Å². The number of fused-ring (bicyclic) bond motifs is 1. The van der Waals surface area contributed by atoms with Crippen LogP contribution in [0.1, 0.15) is 50.5 Å². The third-order valence-electron chi connectivity index (χ3n) is 7.09. The molecule has 0 saturated carbocycles. The summed E-state index contributed by atoms with van der Waals surface area (Å²) < 4.78 is 22.8. The highest BCUT2D eigenvalue weighted by Gasteiger charge is 2.38. The van der Waals surface area contributed by atoms with Gasteiger partial charge >= 0.3 is 0 Å². The summed E-state index contributed by atoms with van der Waals surface area (Å²) in [6.45, 7) is 4.73. The molecule has 2 atom stereocenters. The Kier molecular flexibility index (Phi) is 6.26. The van der Waals surface area contributed by atoms with E-state index in [4.69, 9.17) is 21.3 Å². The van der Waals surface area contributed by atoms with Gasteiger partial charge in [-0.25, -0.2) is 9.37 Å². The lowest BCUT2D eigenvalue weighted by Crippen LogP contribution is -2.35. The van der Waals surface area contributed by atoms with Gasteiger partial charge in [-0.3, -0.25) is 4.90 Å². The highest BCUT2D eigenvalue weighted by molar-refractivity contribution is 6.31. The molecule has 0 radical (unpaired) electrons.